The fourth-order valence-corrected chi connectivity index (χ4v) is 4.79. The Hall–Kier alpha value is -1.58. The van der Waals surface area contributed by atoms with Crippen molar-refractivity contribution in [3.05, 3.63) is 99.0 Å². The SMILES string of the molecule is Clc1ccc(C2=CC(c3ccccc3Cl)Sc3cc(Cl)ccc3N2)cc1. The van der Waals surface area contributed by atoms with Crippen LogP contribution in [0.4, 0.5) is 5.69 Å². The van der Waals surface area contributed by atoms with Gasteiger partial charge < -0.3 is 5.32 Å². The van der Waals surface area contributed by atoms with Gasteiger partial charge in [-0.25, -0.2) is 0 Å². The molecule has 1 heterocycles. The van der Waals surface area contributed by atoms with Gasteiger partial charge in [0.25, 0.3) is 0 Å². The van der Waals surface area contributed by atoms with Gasteiger partial charge in [0.05, 0.1) is 10.9 Å². The van der Waals surface area contributed by atoms with E-state index in [1.807, 2.05) is 60.7 Å². The third-order valence-electron chi connectivity index (χ3n) is 4.15. The molecule has 26 heavy (non-hydrogen) atoms. The summed E-state index contributed by atoms with van der Waals surface area (Å²) in [4.78, 5) is 1.09. The van der Waals surface area contributed by atoms with Crippen molar-refractivity contribution in [1.82, 2.24) is 0 Å². The molecule has 1 aliphatic rings. The molecular weight excluding hydrogens is 405 g/mol. The van der Waals surface area contributed by atoms with Crippen molar-refractivity contribution < 1.29 is 0 Å². The van der Waals surface area contributed by atoms with Crippen LogP contribution in [0.25, 0.3) is 5.70 Å². The lowest BCUT2D eigenvalue weighted by Gasteiger charge is -2.14. The minimum absolute atomic E-state index is 0.0570. The standard InChI is InChI=1S/C21H14Cl3NS/c22-14-7-5-13(6-8-14)19-12-20(16-3-1-2-4-17(16)24)26-21-11-15(23)9-10-18(21)25-19/h1-12,20,25H. The van der Waals surface area contributed by atoms with Crippen LogP contribution in [0.5, 0.6) is 0 Å². The van der Waals surface area contributed by atoms with E-state index >= 15 is 0 Å². The van der Waals surface area contributed by atoms with Crippen LogP contribution in [0.1, 0.15) is 16.4 Å². The maximum atomic E-state index is 6.48. The average Bonchev–Trinajstić information content (AvgIpc) is 2.82. The molecule has 1 atom stereocenters. The Morgan fingerprint density at radius 2 is 1.54 bits per heavy atom. The maximum Gasteiger partial charge on any atom is 0.0563 e. The van der Waals surface area contributed by atoms with Crippen molar-refractivity contribution in [2.24, 2.45) is 0 Å². The Balaban J connectivity index is 1.84. The van der Waals surface area contributed by atoms with Gasteiger partial charge in [-0.1, -0.05) is 65.1 Å². The highest BCUT2D eigenvalue weighted by Gasteiger charge is 2.21. The van der Waals surface area contributed by atoms with Gasteiger partial charge in [0.1, 0.15) is 0 Å². The molecule has 0 saturated carbocycles. The zero-order valence-corrected chi connectivity index (χ0v) is 16.6. The molecule has 1 N–H and O–H groups in total. The first kappa shape index (κ1) is 17.8. The Morgan fingerprint density at radius 3 is 2.31 bits per heavy atom. The van der Waals surface area contributed by atoms with Gasteiger partial charge in [-0.2, -0.15) is 0 Å². The third-order valence-corrected chi connectivity index (χ3v) is 6.22. The lowest BCUT2D eigenvalue weighted by Crippen LogP contribution is -1.99. The summed E-state index contributed by atoms with van der Waals surface area (Å²) in [5, 5.41) is 5.77. The normalized spacial score (nSPS) is 16.3. The summed E-state index contributed by atoms with van der Waals surface area (Å²) in [7, 11) is 0. The summed E-state index contributed by atoms with van der Waals surface area (Å²) < 4.78 is 0. The Labute approximate surface area is 172 Å². The van der Waals surface area contributed by atoms with E-state index in [0.717, 1.165) is 32.4 Å². The number of fused-ring (bicyclic) bond motifs is 1. The van der Waals surface area contributed by atoms with Crippen LogP contribution in [-0.2, 0) is 0 Å². The number of benzene rings is 3. The number of anilines is 1. The second-order valence-electron chi connectivity index (χ2n) is 5.91. The molecule has 1 nitrogen and oxygen atoms in total. The monoisotopic (exact) mass is 417 g/mol. The number of nitrogens with one attached hydrogen (secondary N) is 1. The van der Waals surface area contributed by atoms with Gasteiger partial charge in [-0.05, 0) is 53.6 Å². The molecule has 0 bridgehead atoms. The predicted molar refractivity (Wildman–Crippen MR) is 115 cm³/mol. The molecule has 0 spiro atoms. The van der Waals surface area contributed by atoms with Gasteiger partial charge in [0, 0.05) is 25.7 Å². The predicted octanol–water partition coefficient (Wildman–Crippen LogP) is 7.95. The van der Waals surface area contributed by atoms with Crippen molar-refractivity contribution in [2.45, 2.75) is 10.1 Å². The largest absolute Gasteiger partial charge is 0.354 e. The second-order valence-corrected chi connectivity index (χ2v) is 8.38. The fourth-order valence-electron chi connectivity index (χ4n) is 2.86. The van der Waals surface area contributed by atoms with Crippen molar-refractivity contribution >= 4 is 57.9 Å². The summed E-state index contributed by atoms with van der Waals surface area (Å²) in [6.07, 6.45) is 2.20. The van der Waals surface area contributed by atoms with Crippen LogP contribution in [0, 0.1) is 0 Å². The lowest BCUT2D eigenvalue weighted by atomic mass is 10.1. The molecule has 130 valence electrons. The zero-order chi connectivity index (χ0) is 18.1. The Morgan fingerprint density at radius 1 is 0.808 bits per heavy atom. The first-order valence-electron chi connectivity index (χ1n) is 8.05. The number of thioether (sulfide) groups is 1. The molecular formula is C21H14Cl3NS. The molecule has 1 aliphatic heterocycles. The van der Waals surface area contributed by atoms with Crippen LogP contribution in [0.15, 0.2) is 77.7 Å². The van der Waals surface area contributed by atoms with E-state index in [1.165, 1.54) is 0 Å². The average molecular weight is 419 g/mol. The zero-order valence-electron chi connectivity index (χ0n) is 13.5. The van der Waals surface area contributed by atoms with Crippen molar-refractivity contribution in [2.75, 3.05) is 5.32 Å². The van der Waals surface area contributed by atoms with Crippen LogP contribution in [0.2, 0.25) is 15.1 Å². The second kappa shape index (κ2) is 7.58. The van der Waals surface area contributed by atoms with E-state index in [2.05, 4.69) is 17.5 Å². The molecule has 1 unspecified atom stereocenters. The summed E-state index contributed by atoms with van der Waals surface area (Å²) in [6.45, 7) is 0. The number of halogens is 3. The first-order chi connectivity index (χ1) is 12.6. The fraction of sp³-hybridized carbons (Fsp3) is 0.0476. The van der Waals surface area contributed by atoms with Crippen molar-refractivity contribution in [3.63, 3.8) is 0 Å². The Bertz CT molecular complexity index is 983. The maximum absolute atomic E-state index is 6.48. The van der Waals surface area contributed by atoms with Gasteiger partial charge in [0.2, 0.25) is 0 Å². The minimum atomic E-state index is 0.0570. The Kier molecular flexibility index (Phi) is 5.19. The van der Waals surface area contributed by atoms with Crippen molar-refractivity contribution in [3.8, 4) is 0 Å². The highest BCUT2D eigenvalue weighted by Crippen LogP contribution is 2.47. The molecule has 3 aromatic carbocycles. The molecule has 0 amide bonds. The smallest absolute Gasteiger partial charge is 0.0563 e. The van der Waals surface area contributed by atoms with Crippen LogP contribution >= 0.6 is 46.6 Å². The highest BCUT2D eigenvalue weighted by molar-refractivity contribution is 7.99. The summed E-state index contributed by atoms with van der Waals surface area (Å²) >= 11 is 20.5. The van der Waals surface area contributed by atoms with Crippen LogP contribution in [0.3, 0.4) is 0 Å². The van der Waals surface area contributed by atoms with E-state index < -0.39 is 0 Å². The van der Waals surface area contributed by atoms with Crippen molar-refractivity contribution in [1.29, 1.82) is 0 Å². The summed E-state index contributed by atoms with van der Waals surface area (Å²) in [5.41, 5.74) is 4.17. The highest BCUT2D eigenvalue weighted by atomic mass is 35.5. The van der Waals surface area contributed by atoms with E-state index in [1.54, 1.807) is 11.8 Å². The number of rotatable bonds is 2. The minimum Gasteiger partial charge on any atom is -0.354 e. The molecule has 0 aromatic heterocycles. The van der Waals surface area contributed by atoms with E-state index in [4.69, 9.17) is 34.8 Å². The van der Waals surface area contributed by atoms with E-state index in [0.29, 0.717) is 10.0 Å². The summed E-state index contributed by atoms with van der Waals surface area (Å²) in [6, 6.07) is 21.6. The van der Waals surface area contributed by atoms with Gasteiger partial charge in [-0.3, -0.25) is 0 Å². The third kappa shape index (κ3) is 3.74. The van der Waals surface area contributed by atoms with Gasteiger partial charge in [-0.15, -0.1) is 11.8 Å². The number of hydrogen-bond donors (Lipinski definition) is 1. The molecule has 3 aromatic rings. The molecule has 0 aliphatic carbocycles. The topological polar surface area (TPSA) is 12.0 Å². The van der Waals surface area contributed by atoms with Gasteiger partial charge in [0.15, 0.2) is 0 Å². The number of hydrogen-bond acceptors (Lipinski definition) is 2. The van der Waals surface area contributed by atoms with Gasteiger partial charge >= 0.3 is 0 Å². The molecule has 5 heteroatoms. The van der Waals surface area contributed by atoms with Crippen LogP contribution in [-0.4, -0.2) is 0 Å². The first-order valence-corrected chi connectivity index (χ1v) is 10.1. The van der Waals surface area contributed by atoms with E-state index in [9.17, 15) is 0 Å². The lowest BCUT2D eigenvalue weighted by molar-refractivity contribution is 1.23. The quantitative estimate of drug-likeness (QED) is 0.453. The molecule has 4 rings (SSSR count). The molecule has 0 saturated heterocycles. The van der Waals surface area contributed by atoms with E-state index in [-0.39, 0.29) is 5.25 Å². The van der Waals surface area contributed by atoms with Crippen LogP contribution < -0.4 is 5.32 Å². The molecule has 0 radical (unpaired) electrons. The summed E-state index contributed by atoms with van der Waals surface area (Å²) in [5.74, 6) is 0. The molecule has 0 fully saturated rings.